The fourth-order valence-electron chi connectivity index (χ4n) is 3.47. The van der Waals surface area contributed by atoms with Crippen molar-refractivity contribution < 1.29 is 28.3 Å². The van der Waals surface area contributed by atoms with Crippen LogP contribution in [-0.2, 0) is 4.79 Å². The van der Waals surface area contributed by atoms with E-state index in [1.165, 1.54) is 0 Å². The third kappa shape index (κ3) is 4.39. The molecule has 29 heavy (non-hydrogen) atoms. The van der Waals surface area contributed by atoms with Gasteiger partial charge in [0.2, 0.25) is 5.75 Å². The molecule has 1 heterocycles. The molecule has 1 saturated heterocycles. The first kappa shape index (κ1) is 20.4. The summed E-state index contributed by atoms with van der Waals surface area (Å²) in [7, 11) is 3.11. The summed E-state index contributed by atoms with van der Waals surface area (Å²) in [5.74, 6) is -0.0314. The number of carbonyl (C=O) groups excluding carboxylic acids is 1. The number of carbonyl (C=O) groups is 1. The number of hydrogen-bond donors (Lipinski definition) is 0. The summed E-state index contributed by atoms with van der Waals surface area (Å²) in [5, 5.41) is 11.1. The molecule has 1 amide bonds. The fourth-order valence-corrected chi connectivity index (χ4v) is 3.47. The lowest BCUT2D eigenvalue weighted by atomic mass is 10.0. The topological polar surface area (TPSA) is 91.1 Å². The van der Waals surface area contributed by atoms with Crippen LogP contribution in [-0.4, -0.2) is 43.1 Å². The number of likely N-dealkylation sites (tertiary alicyclic amines) is 1. The van der Waals surface area contributed by atoms with Gasteiger partial charge in [0.15, 0.2) is 6.61 Å². The molecule has 0 unspecified atom stereocenters. The molecule has 0 aliphatic carbocycles. The predicted octanol–water partition coefficient (Wildman–Crippen LogP) is 3.49. The zero-order chi connectivity index (χ0) is 21.0. The zero-order valence-corrected chi connectivity index (χ0v) is 16.1. The quantitative estimate of drug-likeness (QED) is 0.518. The monoisotopic (exact) mass is 404 g/mol. The average Bonchev–Trinajstić information content (AvgIpc) is 3.21. The number of methoxy groups -OCH3 is 2. The molecule has 0 radical (unpaired) electrons. The lowest BCUT2D eigenvalue weighted by molar-refractivity contribution is -0.385. The molecule has 1 aliphatic heterocycles. The fraction of sp³-hybridized carbons (Fsp3) is 0.350. The van der Waals surface area contributed by atoms with Crippen LogP contribution in [0.5, 0.6) is 17.2 Å². The number of amides is 1. The van der Waals surface area contributed by atoms with Crippen molar-refractivity contribution in [1.82, 2.24) is 4.90 Å². The van der Waals surface area contributed by atoms with Gasteiger partial charge in [0.25, 0.3) is 5.91 Å². The summed E-state index contributed by atoms with van der Waals surface area (Å²) in [5.41, 5.74) is 0.418. The smallest absolute Gasteiger partial charge is 0.311 e. The van der Waals surface area contributed by atoms with Crippen molar-refractivity contribution >= 4 is 11.6 Å². The lowest BCUT2D eigenvalue weighted by Gasteiger charge is -2.26. The van der Waals surface area contributed by atoms with E-state index in [0.717, 1.165) is 36.6 Å². The maximum absolute atomic E-state index is 13.5. The number of ether oxygens (including phenoxy) is 3. The Labute approximate surface area is 166 Å². The molecule has 0 bridgehead atoms. The maximum atomic E-state index is 13.5. The Kier molecular flexibility index (Phi) is 6.16. The molecular formula is C20H21FN2O6. The largest absolute Gasteiger partial charge is 0.497 e. The van der Waals surface area contributed by atoms with E-state index in [1.807, 2.05) is 6.07 Å². The third-order valence-corrected chi connectivity index (χ3v) is 4.84. The molecule has 9 heteroatoms. The van der Waals surface area contributed by atoms with Crippen LogP contribution in [0.25, 0.3) is 0 Å². The second-order valence-corrected chi connectivity index (χ2v) is 6.51. The van der Waals surface area contributed by atoms with Crippen molar-refractivity contribution in [1.29, 1.82) is 0 Å². The summed E-state index contributed by atoms with van der Waals surface area (Å²) < 4.78 is 29.5. The van der Waals surface area contributed by atoms with Gasteiger partial charge in [-0.15, -0.1) is 0 Å². The molecule has 0 aromatic heterocycles. The van der Waals surface area contributed by atoms with Gasteiger partial charge >= 0.3 is 5.69 Å². The van der Waals surface area contributed by atoms with Gasteiger partial charge in [0.1, 0.15) is 17.3 Å². The van der Waals surface area contributed by atoms with Gasteiger partial charge in [0.05, 0.1) is 25.2 Å². The Morgan fingerprint density at radius 2 is 2.00 bits per heavy atom. The number of hydrogen-bond acceptors (Lipinski definition) is 6. The summed E-state index contributed by atoms with van der Waals surface area (Å²) in [6.07, 6.45) is 1.52. The van der Waals surface area contributed by atoms with Crippen molar-refractivity contribution in [2.75, 3.05) is 27.4 Å². The maximum Gasteiger partial charge on any atom is 0.311 e. The van der Waals surface area contributed by atoms with E-state index >= 15 is 0 Å². The Hall–Kier alpha value is -3.36. The van der Waals surface area contributed by atoms with Crippen molar-refractivity contribution in [3.05, 3.63) is 57.9 Å². The van der Waals surface area contributed by atoms with Gasteiger partial charge in [-0.1, -0.05) is 0 Å². The van der Waals surface area contributed by atoms with E-state index in [0.29, 0.717) is 18.0 Å². The minimum atomic E-state index is -0.682. The molecule has 154 valence electrons. The van der Waals surface area contributed by atoms with E-state index < -0.39 is 23.0 Å². The van der Waals surface area contributed by atoms with Gasteiger partial charge in [-0.05, 0) is 37.1 Å². The van der Waals surface area contributed by atoms with Crippen LogP contribution >= 0.6 is 0 Å². The van der Waals surface area contributed by atoms with Crippen LogP contribution in [0.4, 0.5) is 10.1 Å². The lowest BCUT2D eigenvalue weighted by Crippen LogP contribution is -2.34. The summed E-state index contributed by atoms with van der Waals surface area (Å²) in [6.45, 7) is 0.0749. The second-order valence-electron chi connectivity index (χ2n) is 6.51. The molecule has 3 rings (SSSR count). The zero-order valence-electron chi connectivity index (χ0n) is 16.1. The number of halogens is 1. The summed E-state index contributed by atoms with van der Waals surface area (Å²) in [4.78, 5) is 24.8. The van der Waals surface area contributed by atoms with Gasteiger partial charge in [-0.3, -0.25) is 14.9 Å². The van der Waals surface area contributed by atoms with E-state index in [1.54, 1.807) is 31.3 Å². The van der Waals surface area contributed by atoms with Crippen LogP contribution in [0.15, 0.2) is 36.4 Å². The van der Waals surface area contributed by atoms with E-state index in [2.05, 4.69) is 0 Å². The molecule has 0 spiro atoms. The minimum Gasteiger partial charge on any atom is -0.497 e. The Morgan fingerprint density at radius 1 is 1.21 bits per heavy atom. The number of benzene rings is 2. The third-order valence-electron chi connectivity index (χ3n) is 4.84. The van der Waals surface area contributed by atoms with Gasteiger partial charge < -0.3 is 19.1 Å². The molecule has 2 aromatic rings. The van der Waals surface area contributed by atoms with Crippen molar-refractivity contribution in [3.63, 3.8) is 0 Å². The van der Waals surface area contributed by atoms with Crippen LogP contribution in [0.1, 0.15) is 24.4 Å². The summed E-state index contributed by atoms with van der Waals surface area (Å²) >= 11 is 0. The molecule has 1 atom stereocenters. The predicted molar refractivity (Wildman–Crippen MR) is 102 cm³/mol. The first-order valence-electron chi connectivity index (χ1n) is 9.02. The van der Waals surface area contributed by atoms with E-state index in [9.17, 15) is 19.3 Å². The molecule has 8 nitrogen and oxygen atoms in total. The number of rotatable bonds is 7. The summed E-state index contributed by atoms with van der Waals surface area (Å²) in [6, 6.07) is 8.02. The standard InChI is InChI=1S/C20H21FN2O6/c1-27-14-6-8-18(28-2)15(11-14)16-4-3-9-22(16)20(24)12-29-19-10-13(21)5-7-17(19)23(25)26/h5-8,10-11,16H,3-4,9,12H2,1-2H3/t16-/m1/s1. The number of nitro benzene ring substituents is 1. The highest BCUT2D eigenvalue weighted by Gasteiger charge is 2.32. The Bertz CT molecular complexity index is 920. The van der Waals surface area contributed by atoms with E-state index in [-0.39, 0.29) is 17.7 Å². The second kappa shape index (κ2) is 8.76. The van der Waals surface area contributed by atoms with Crippen molar-refractivity contribution in [2.24, 2.45) is 0 Å². The molecule has 0 N–H and O–H groups in total. The van der Waals surface area contributed by atoms with Crippen LogP contribution in [0.3, 0.4) is 0 Å². The SMILES string of the molecule is COc1ccc(OC)c([C@H]2CCCN2C(=O)COc2cc(F)ccc2[N+](=O)[O-])c1. The molecule has 0 saturated carbocycles. The average molecular weight is 404 g/mol. The van der Waals surface area contributed by atoms with E-state index in [4.69, 9.17) is 14.2 Å². The molecule has 1 aliphatic rings. The van der Waals surface area contributed by atoms with Gasteiger partial charge in [0, 0.05) is 24.2 Å². The number of nitrogens with zero attached hydrogens (tertiary/aromatic N) is 2. The van der Waals surface area contributed by atoms with Crippen LogP contribution < -0.4 is 14.2 Å². The first-order chi connectivity index (χ1) is 13.9. The van der Waals surface area contributed by atoms with Crippen LogP contribution in [0.2, 0.25) is 0 Å². The highest BCUT2D eigenvalue weighted by molar-refractivity contribution is 5.79. The van der Waals surface area contributed by atoms with Crippen LogP contribution in [0, 0.1) is 15.9 Å². The minimum absolute atomic E-state index is 0.237. The highest BCUT2D eigenvalue weighted by Crippen LogP contribution is 2.39. The first-order valence-corrected chi connectivity index (χ1v) is 9.02. The van der Waals surface area contributed by atoms with Gasteiger partial charge in [-0.2, -0.15) is 0 Å². The Morgan fingerprint density at radius 3 is 2.69 bits per heavy atom. The van der Waals surface area contributed by atoms with Gasteiger partial charge in [-0.25, -0.2) is 4.39 Å². The molecule has 1 fully saturated rings. The normalized spacial score (nSPS) is 15.8. The van der Waals surface area contributed by atoms with Crippen molar-refractivity contribution in [3.8, 4) is 17.2 Å². The number of nitro groups is 1. The molecule has 2 aromatic carbocycles. The van der Waals surface area contributed by atoms with Crippen molar-refractivity contribution in [2.45, 2.75) is 18.9 Å². The molecular weight excluding hydrogens is 383 g/mol. The highest BCUT2D eigenvalue weighted by atomic mass is 19.1. The Balaban J connectivity index is 1.78.